The van der Waals surface area contributed by atoms with Crippen LogP contribution >= 0.6 is 0 Å². The van der Waals surface area contributed by atoms with E-state index in [-0.39, 0.29) is 6.04 Å². The average Bonchev–Trinajstić information content (AvgIpc) is 3.04. The topological polar surface area (TPSA) is 32.5 Å². The third-order valence-corrected chi connectivity index (χ3v) is 7.38. The maximum Gasteiger partial charge on any atom is 0.0462 e. The second-order valence-electron chi connectivity index (χ2n) is 10.6. The smallest absolute Gasteiger partial charge is 0.0462 e. The highest BCUT2D eigenvalue weighted by atomic mass is 15.1. The number of hydrogen-bond acceptors (Lipinski definition) is 3. The number of rotatable bonds is 9. The highest BCUT2D eigenvalue weighted by Gasteiger charge is 2.14. The average molecular weight is 546 g/mol. The van der Waals surface area contributed by atoms with E-state index in [1.165, 1.54) is 16.7 Å². The number of anilines is 6. The molecule has 0 aliphatic heterocycles. The first-order valence-corrected chi connectivity index (χ1v) is 14.5. The highest BCUT2D eigenvalue weighted by molar-refractivity contribution is 5.80. The molecule has 0 saturated carbocycles. The van der Waals surface area contributed by atoms with E-state index in [0.717, 1.165) is 40.5 Å². The fraction of sp³-hybridized carbons (Fsp3) is 0.0769. The van der Waals surface area contributed by atoms with Crippen LogP contribution in [0.4, 0.5) is 34.1 Å². The molecule has 0 bridgehead atoms. The molecule has 42 heavy (non-hydrogen) atoms. The number of nitrogens with two attached hydrogens (primary N) is 1. The van der Waals surface area contributed by atoms with Gasteiger partial charge in [-0.1, -0.05) is 91.0 Å². The van der Waals surface area contributed by atoms with Crippen LogP contribution in [0.25, 0.3) is 11.1 Å². The van der Waals surface area contributed by atoms with Gasteiger partial charge in [-0.05, 0) is 103 Å². The minimum atomic E-state index is 0.141. The van der Waals surface area contributed by atoms with Crippen LogP contribution in [-0.4, -0.2) is 6.04 Å². The third kappa shape index (κ3) is 6.12. The fourth-order valence-corrected chi connectivity index (χ4v) is 5.38. The van der Waals surface area contributed by atoms with Crippen LogP contribution in [0.15, 0.2) is 164 Å². The van der Waals surface area contributed by atoms with Crippen LogP contribution in [-0.2, 0) is 6.42 Å². The van der Waals surface area contributed by atoms with E-state index in [9.17, 15) is 0 Å². The molecule has 0 saturated heterocycles. The van der Waals surface area contributed by atoms with Crippen molar-refractivity contribution in [3.63, 3.8) is 0 Å². The Morgan fingerprint density at radius 3 is 1.00 bits per heavy atom. The molecule has 2 N–H and O–H groups in total. The summed E-state index contributed by atoms with van der Waals surface area (Å²) in [5.74, 6) is 0. The standard InChI is InChI=1S/C39H35N3/c1-30(40)29-31-17-23-37(24-18-31)42(36-15-9-4-10-16-36)39-27-21-33(22-28-39)32-19-25-38(26-20-32)41(34-11-5-2-6-12-34)35-13-7-3-8-14-35/h2-28,30H,29,40H2,1H3. The van der Waals surface area contributed by atoms with Gasteiger partial charge in [-0.3, -0.25) is 0 Å². The van der Waals surface area contributed by atoms with Crippen molar-refractivity contribution in [2.24, 2.45) is 5.73 Å². The van der Waals surface area contributed by atoms with Crippen molar-refractivity contribution < 1.29 is 0 Å². The van der Waals surface area contributed by atoms with Crippen LogP contribution in [0.1, 0.15) is 12.5 Å². The van der Waals surface area contributed by atoms with Crippen molar-refractivity contribution in [2.75, 3.05) is 9.80 Å². The monoisotopic (exact) mass is 545 g/mol. The maximum atomic E-state index is 6.03. The van der Waals surface area contributed by atoms with Crippen LogP contribution in [0.2, 0.25) is 0 Å². The van der Waals surface area contributed by atoms with Crippen molar-refractivity contribution in [3.05, 3.63) is 169 Å². The van der Waals surface area contributed by atoms with E-state index in [0.29, 0.717) is 0 Å². The largest absolute Gasteiger partial charge is 0.328 e. The Morgan fingerprint density at radius 2 is 0.690 bits per heavy atom. The summed E-state index contributed by atoms with van der Waals surface area (Å²) in [4.78, 5) is 4.57. The third-order valence-electron chi connectivity index (χ3n) is 7.38. The lowest BCUT2D eigenvalue weighted by molar-refractivity contribution is 0.738. The Bertz CT molecular complexity index is 1640. The van der Waals surface area contributed by atoms with Gasteiger partial charge in [0, 0.05) is 40.2 Å². The zero-order valence-electron chi connectivity index (χ0n) is 23.8. The normalized spacial score (nSPS) is 11.6. The molecule has 0 radical (unpaired) electrons. The lowest BCUT2D eigenvalue weighted by Gasteiger charge is -2.26. The van der Waals surface area contributed by atoms with Crippen LogP contribution in [0, 0.1) is 0 Å². The molecule has 6 rings (SSSR count). The van der Waals surface area contributed by atoms with Crippen molar-refractivity contribution in [2.45, 2.75) is 19.4 Å². The Balaban J connectivity index is 1.29. The summed E-state index contributed by atoms with van der Waals surface area (Å²) in [6, 6.07) is 58.0. The van der Waals surface area contributed by atoms with Gasteiger partial charge in [0.15, 0.2) is 0 Å². The molecule has 0 aromatic heterocycles. The Labute approximate surface area is 249 Å². The van der Waals surface area contributed by atoms with Crippen LogP contribution in [0.5, 0.6) is 0 Å². The number of hydrogen-bond donors (Lipinski definition) is 1. The van der Waals surface area contributed by atoms with Crippen molar-refractivity contribution >= 4 is 34.1 Å². The van der Waals surface area contributed by atoms with Crippen LogP contribution in [0.3, 0.4) is 0 Å². The summed E-state index contributed by atoms with van der Waals surface area (Å²) in [6.45, 7) is 2.04. The summed E-state index contributed by atoms with van der Waals surface area (Å²) in [7, 11) is 0. The molecule has 1 unspecified atom stereocenters. The van der Waals surface area contributed by atoms with Crippen molar-refractivity contribution in [1.29, 1.82) is 0 Å². The molecule has 0 heterocycles. The van der Waals surface area contributed by atoms with Gasteiger partial charge in [0.2, 0.25) is 0 Å². The van der Waals surface area contributed by atoms with Crippen molar-refractivity contribution in [3.8, 4) is 11.1 Å². The molecular weight excluding hydrogens is 510 g/mol. The van der Waals surface area contributed by atoms with Gasteiger partial charge in [-0.25, -0.2) is 0 Å². The Morgan fingerprint density at radius 1 is 0.405 bits per heavy atom. The molecule has 3 nitrogen and oxygen atoms in total. The molecule has 6 aromatic rings. The van der Waals surface area contributed by atoms with E-state index in [2.05, 4.69) is 174 Å². The molecule has 6 aromatic carbocycles. The zero-order chi connectivity index (χ0) is 28.7. The zero-order valence-corrected chi connectivity index (χ0v) is 23.8. The predicted molar refractivity (Wildman–Crippen MR) is 179 cm³/mol. The van der Waals surface area contributed by atoms with Crippen LogP contribution < -0.4 is 15.5 Å². The van der Waals surface area contributed by atoms with Crippen molar-refractivity contribution in [1.82, 2.24) is 0 Å². The van der Waals surface area contributed by atoms with Gasteiger partial charge in [-0.15, -0.1) is 0 Å². The molecule has 206 valence electrons. The first kappa shape index (κ1) is 27.1. The number of nitrogens with zero attached hydrogens (tertiary/aromatic N) is 2. The summed E-state index contributed by atoms with van der Waals surface area (Å²) < 4.78 is 0. The second-order valence-corrected chi connectivity index (χ2v) is 10.6. The molecule has 0 aliphatic rings. The second kappa shape index (κ2) is 12.6. The minimum absolute atomic E-state index is 0.141. The number of para-hydroxylation sites is 3. The van der Waals surface area contributed by atoms with E-state index in [1.807, 2.05) is 6.92 Å². The van der Waals surface area contributed by atoms with Gasteiger partial charge < -0.3 is 15.5 Å². The summed E-state index contributed by atoms with van der Waals surface area (Å²) in [5, 5.41) is 0. The predicted octanol–water partition coefficient (Wildman–Crippen LogP) is 10.2. The molecule has 1 atom stereocenters. The van der Waals surface area contributed by atoms with Gasteiger partial charge in [0.25, 0.3) is 0 Å². The molecule has 0 fully saturated rings. The number of benzene rings is 6. The highest BCUT2D eigenvalue weighted by Crippen LogP contribution is 2.37. The van der Waals surface area contributed by atoms with E-state index < -0.39 is 0 Å². The Hall–Kier alpha value is -5.12. The first-order valence-electron chi connectivity index (χ1n) is 14.5. The van der Waals surface area contributed by atoms with Gasteiger partial charge in [0.05, 0.1) is 0 Å². The SMILES string of the molecule is CC(N)Cc1ccc(N(c2ccccc2)c2ccc(-c3ccc(N(c4ccccc4)c4ccccc4)cc3)cc2)cc1. The van der Waals surface area contributed by atoms with Gasteiger partial charge in [0.1, 0.15) is 0 Å². The minimum Gasteiger partial charge on any atom is -0.328 e. The van der Waals surface area contributed by atoms with E-state index in [1.54, 1.807) is 0 Å². The fourth-order valence-electron chi connectivity index (χ4n) is 5.38. The summed E-state index contributed by atoms with van der Waals surface area (Å²) >= 11 is 0. The van der Waals surface area contributed by atoms with Gasteiger partial charge >= 0.3 is 0 Å². The molecular formula is C39H35N3. The summed E-state index contributed by atoms with van der Waals surface area (Å²) in [5.41, 5.74) is 16.4. The molecule has 0 aliphatic carbocycles. The molecule has 0 amide bonds. The quantitative estimate of drug-likeness (QED) is 0.196. The summed E-state index contributed by atoms with van der Waals surface area (Å²) in [6.07, 6.45) is 0.869. The van der Waals surface area contributed by atoms with E-state index >= 15 is 0 Å². The van der Waals surface area contributed by atoms with E-state index in [4.69, 9.17) is 5.73 Å². The Kier molecular flexibility index (Phi) is 8.12. The molecule has 0 spiro atoms. The van der Waals surface area contributed by atoms with Gasteiger partial charge in [-0.2, -0.15) is 0 Å². The molecule has 3 heteroatoms. The maximum absolute atomic E-state index is 6.03. The first-order chi connectivity index (χ1) is 20.7. The lowest BCUT2D eigenvalue weighted by Crippen LogP contribution is -2.17. The lowest BCUT2D eigenvalue weighted by atomic mass is 10.0.